The lowest BCUT2D eigenvalue weighted by atomic mass is 10.1. The Balaban J connectivity index is 2.48. The van der Waals surface area contributed by atoms with Gasteiger partial charge in [0.25, 0.3) is 0 Å². The van der Waals surface area contributed by atoms with Gasteiger partial charge in [0.2, 0.25) is 0 Å². The Morgan fingerprint density at radius 3 is 2.45 bits per heavy atom. The van der Waals surface area contributed by atoms with E-state index in [1.807, 2.05) is 34.6 Å². The molecule has 4 nitrogen and oxygen atoms in total. The predicted octanol–water partition coefficient (Wildman–Crippen LogP) is 3.87. The van der Waals surface area contributed by atoms with E-state index < -0.39 is 11.7 Å². The fourth-order valence-electron chi connectivity index (χ4n) is 1.67. The maximum absolute atomic E-state index is 13.0. The number of nitrogens with one attached hydrogen (secondary N) is 2. The Hall–Kier alpha value is -1.33. The Labute approximate surface area is 136 Å². The fourth-order valence-corrected chi connectivity index (χ4v) is 1.90. The number of rotatable bonds is 5. The number of halogens is 2. The van der Waals surface area contributed by atoms with Crippen LogP contribution in [0.2, 0.25) is 5.02 Å². The zero-order valence-corrected chi connectivity index (χ0v) is 14.5. The van der Waals surface area contributed by atoms with Crippen molar-refractivity contribution in [1.82, 2.24) is 10.6 Å². The lowest BCUT2D eigenvalue weighted by Crippen LogP contribution is -2.49. The number of carbonyl (C=O) groups is 1. The molecule has 0 radical (unpaired) electrons. The molecule has 1 aromatic carbocycles. The third-order valence-corrected chi connectivity index (χ3v) is 3.20. The third-order valence-electron chi connectivity index (χ3n) is 2.85. The van der Waals surface area contributed by atoms with Crippen LogP contribution >= 0.6 is 11.6 Å². The summed E-state index contributed by atoms with van der Waals surface area (Å²) >= 11 is 5.99. The molecule has 6 heteroatoms. The maximum atomic E-state index is 13.0. The molecular weight excluding hydrogens is 307 g/mol. The summed E-state index contributed by atoms with van der Waals surface area (Å²) in [7, 11) is 0. The summed E-state index contributed by atoms with van der Waals surface area (Å²) in [5.41, 5.74) is -0.0915. The minimum atomic E-state index is -0.525. The topological polar surface area (TPSA) is 50.4 Å². The highest BCUT2D eigenvalue weighted by Crippen LogP contribution is 2.18. The Kier molecular flexibility index (Phi) is 6.20. The largest absolute Gasteiger partial charge is 0.444 e. The van der Waals surface area contributed by atoms with E-state index >= 15 is 0 Å². The van der Waals surface area contributed by atoms with Crippen molar-refractivity contribution >= 4 is 17.7 Å². The number of ether oxygens (including phenoxy) is 1. The Morgan fingerprint density at radius 1 is 1.27 bits per heavy atom. The van der Waals surface area contributed by atoms with Crippen molar-refractivity contribution < 1.29 is 13.9 Å². The van der Waals surface area contributed by atoms with Crippen molar-refractivity contribution in [3.63, 3.8) is 0 Å². The van der Waals surface area contributed by atoms with Gasteiger partial charge < -0.3 is 15.4 Å². The second-order valence-electron chi connectivity index (χ2n) is 6.83. The lowest BCUT2D eigenvalue weighted by molar-refractivity contribution is 0.0513. The Bertz CT molecular complexity index is 527. The molecule has 0 bridgehead atoms. The van der Waals surface area contributed by atoms with E-state index in [0.717, 1.165) is 5.56 Å². The van der Waals surface area contributed by atoms with Gasteiger partial charge in [0.1, 0.15) is 11.4 Å². The van der Waals surface area contributed by atoms with Gasteiger partial charge in [-0.2, -0.15) is 0 Å². The highest BCUT2D eigenvalue weighted by molar-refractivity contribution is 6.31. The van der Waals surface area contributed by atoms with Crippen molar-refractivity contribution in [2.45, 2.75) is 52.3 Å². The second-order valence-corrected chi connectivity index (χ2v) is 7.24. The van der Waals surface area contributed by atoms with Gasteiger partial charge in [-0.15, -0.1) is 0 Å². The quantitative estimate of drug-likeness (QED) is 0.861. The molecule has 2 N–H and O–H groups in total. The second kappa shape index (κ2) is 7.29. The van der Waals surface area contributed by atoms with Crippen molar-refractivity contribution in [3.8, 4) is 0 Å². The minimum Gasteiger partial charge on any atom is -0.444 e. The minimum absolute atomic E-state index is 0.361. The van der Waals surface area contributed by atoms with Crippen LogP contribution in [0.3, 0.4) is 0 Å². The van der Waals surface area contributed by atoms with Crippen LogP contribution in [0.5, 0.6) is 0 Å². The standard InChI is InChI=1S/C16H24ClFN2O2/c1-15(2,3)22-14(21)19-10-16(4,5)20-9-11-6-7-12(18)8-13(11)17/h6-8,20H,9-10H2,1-5H3,(H,19,21). The van der Waals surface area contributed by atoms with Crippen LogP contribution in [-0.2, 0) is 11.3 Å². The molecule has 0 unspecified atom stereocenters. The molecule has 22 heavy (non-hydrogen) atoms. The SMILES string of the molecule is CC(C)(CNC(=O)OC(C)(C)C)NCc1ccc(F)cc1Cl. The van der Waals surface area contributed by atoms with Gasteiger partial charge in [-0.25, -0.2) is 9.18 Å². The van der Waals surface area contributed by atoms with Crippen LogP contribution in [0.15, 0.2) is 18.2 Å². The summed E-state index contributed by atoms with van der Waals surface area (Å²) in [5, 5.41) is 6.38. The molecular formula is C16H24ClFN2O2. The van der Waals surface area contributed by atoms with Crippen LogP contribution < -0.4 is 10.6 Å². The van der Waals surface area contributed by atoms with Crippen LogP contribution in [0.25, 0.3) is 0 Å². The van der Waals surface area contributed by atoms with Gasteiger partial charge in [0, 0.05) is 23.7 Å². The summed E-state index contributed by atoms with van der Waals surface area (Å²) in [4.78, 5) is 11.6. The van der Waals surface area contributed by atoms with Gasteiger partial charge in [0.15, 0.2) is 0 Å². The first-order valence-electron chi connectivity index (χ1n) is 7.14. The monoisotopic (exact) mass is 330 g/mol. The molecule has 124 valence electrons. The highest BCUT2D eigenvalue weighted by atomic mass is 35.5. The molecule has 0 aliphatic carbocycles. The summed E-state index contributed by atoms with van der Waals surface area (Å²) in [5.74, 6) is -0.361. The first-order chi connectivity index (χ1) is 9.98. The third kappa shape index (κ3) is 7.09. The number of alkyl carbamates (subject to hydrolysis) is 1. The number of carbonyl (C=O) groups excluding carboxylic acids is 1. The van der Waals surface area contributed by atoms with Crippen LogP contribution in [0, 0.1) is 5.82 Å². The lowest BCUT2D eigenvalue weighted by Gasteiger charge is -2.28. The average molecular weight is 331 g/mol. The normalized spacial score (nSPS) is 12.1. The molecule has 0 heterocycles. The molecule has 0 spiro atoms. The van der Waals surface area contributed by atoms with E-state index in [1.54, 1.807) is 6.07 Å². The van der Waals surface area contributed by atoms with Gasteiger partial charge in [-0.1, -0.05) is 17.7 Å². The number of amides is 1. The average Bonchev–Trinajstić information content (AvgIpc) is 2.33. The van der Waals surface area contributed by atoms with Gasteiger partial charge in [-0.3, -0.25) is 0 Å². The molecule has 1 aromatic rings. The summed E-state index contributed by atoms with van der Waals surface area (Å²) < 4.78 is 18.2. The summed E-state index contributed by atoms with van der Waals surface area (Å²) in [6, 6.07) is 4.29. The fraction of sp³-hybridized carbons (Fsp3) is 0.562. The zero-order valence-electron chi connectivity index (χ0n) is 13.7. The molecule has 0 aliphatic heterocycles. The summed E-state index contributed by atoms with van der Waals surface area (Å²) in [6.45, 7) is 10.2. The van der Waals surface area contributed by atoms with E-state index in [1.165, 1.54) is 12.1 Å². The van der Waals surface area contributed by atoms with E-state index in [9.17, 15) is 9.18 Å². The molecule has 1 amide bonds. The molecule has 0 saturated heterocycles. The molecule has 0 atom stereocenters. The van der Waals surface area contributed by atoms with E-state index in [4.69, 9.17) is 16.3 Å². The van der Waals surface area contributed by atoms with Crippen molar-refractivity contribution in [2.75, 3.05) is 6.54 Å². The number of hydrogen-bond acceptors (Lipinski definition) is 3. The highest BCUT2D eigenvalue weighted by Gasteiger charge is 2.21. The van der Waals surface area contributed by atoms with Gasteiger partial charge in [-0.05, 0) is 52.3 Å². The van der Waals surface area contributed by atoms with E-state index in [2.05, 4.69) is 10.6 Å². The smallest absolute Gasteiger partial charge is 0.407 e. The van der Waals surface area contributed by atoms with Crippen LogP contribution in [-0.4, -0.2) is 23.8 Å². The molecule has 0 aliphatic rings. The Morgan fingerprint density at radius 2 is 1.91 bits per heavy atom. The maximum Gasteiger partial charge on any atom is 0.407 e. The van der Waals surface area contributed by atoms with Crippen LogP contribution in [0.1, 0.15) is 40.2 Å². The van der Waals surface area contributed by atoms with E-state index in [-0.39, 0.29) is 11.4 Å². The van der Waals surface area contributed by atoms with Crippen LogP contribution in [0.4, 0.5) is 9.18 Å². The molecule has 0 fully saturated rings. The first kappa shape index (κ1) is 18.7. The summed E-state index contributed by atoms with van der Waals surface area (Å²) in [6.07, 6.45) is -0.456. The molecule has 0 saturated carbocycles. The first-order valence-corrected chi connectivity index (χ1v) is 7.52. The molecule has 0 aromatic heterocycles. The van der Waals surface area contributed by atoms with Gasteiger partial charge in [0.05, 0.1) is 0 Å². The predicted molar refractivity (Wildman–Crippen MR) is 86.6 cm³/mol. The zero-order chi connectivity index (χ0) is 17.0. The van der Waals surface area contributed by atoms with Crippen molar-refractivity contribution in [1.29, 1.82) is 0 Å². The number of benzene rings is 1. The number of hydrogen-bond donors (Lipinski definition) is 2. The molecule has 1 rings (SSSR count). The van der Waals surface area contributed by atoms with E-state index in [0.29, 0.717) is 18.1 Å². The van der Waals surface area contributed by atoms with Crippen molar-refractivity contribution in [2.24, 2.45) is 0 Å². The van der Waals surface area contributed by atoms with Crippen molar-refractivity contribution in [3.05, 3.63) is 34.6 Å². The van der Waals surface area contributed by atoms with Gasteiger partial charge >= 0.3 is 6.09 Å².